The first-order chi connectivity index (χ1) is 8.89. The summed E-state index contributed by atoms with van der Waals surface area (Å²) in [5, 5.41) is 10.3. The summed E-state index contributed by atoms with van der Waals surface area (Å²) in [7, 11) is -2.92. The van der Waals surface area contributed by atoms with Crippen LogP contribution in [-0.2, 0) is 9.84 Å². The molecule has 4 nitrogen and oxygen atoms in total. The second kappa shape index (κ2) is 4.21. The molecule has 1 atom stereocenters. The molecule has 104 valence electrons. The van der Waals surface area contributed by atoms with Crippen LogP contribution in [0.1, 0.15) is 36.5 Å². The molecule has 19 heavy (non-hydrogen) atoms. The third kappa shape index (κ3) is 2.37. The molecule has 1 saturated heterocycles. The average Bonchev–Trinajstić information content (AvgIpc) is 2.35. The highest BCUT2D eigenvalue weighted by Gasteiger charge is 2.44. The normalized spacial score (nSPS) is 27.6. The van der Waals surface area contributed by atoms with Crippen molar-refractivity contribution in [3.8, 4) is 5.75 Å². The summed E-state index contributed by atoms with van der Waals surface area (Å²) >= 11 is 0. The van der Waals surface area contributed by atoms with E-state index in [1.807, 2.05) is 25.1 Å². The van der Waals surface area contributed by atoms with Gasteiger partial charge >= 0.3 is 0 Å². The molecule has 0 aliphatic carbocycles. The van der Waals surface area contributed by atoms with E-state index in [0.29, 0.717) is 25.0 Å². The fraction of sp³-hybridized carbons (Fsp3) is 0.571. The molecule has 0 radical (unpaired) electrons. The highest BCUT2D eigenvalue weighted by Crippen LogP contribution is 2.44. The molecule has 2 aliphatic rings. The molecule has 0 aromatic heterocycles. The zero-order chi connectivity index (χ0) is 13.7. The van der Waals surface area contributed by atoms with Crippen LogP contribution in [0, 0.1) is 6.92 Å². The van der Waals surface area contributed by atoms with Gasteiger partial charge in [-0.1, -0.05) is 11.6 Å². The van der Waals surface area contributed by atoms with Crippen LogP contribution < -0.4 is 4.74 Å². The van der Waals surface area contributed by atoms with Gasteiger partial charge in [0.15, 0.2) is 9.84 Å². The molecule has 0 unspecified atom stereocenters. The maximum absolute atomic E-state index is 11.5. The number of ether oxygens (including phenoxy) is 1. The summed E-state index contributed by atoms with van der Waals surface area (Å²) in [6.45, 7) is 1.98. The molecule has 1 spiro atoms. The number of aliphatic hydroxyl groups is 1. The Hall–Kier alpha value is -1.07. The Kier molecular flexibility index (Phi) is 2.87. The van der Waals surface area contributed by atoms with Crippen molar-refractivity contribution in [1.82, 2.24) is 0 Å². The summed E-state index contributed by atoms with van der Waals surface area (Å²) < 4.78 is 29.1. The molecular weight excluding hydrogens is 264 g/mol. The zero-order valence-corrected chi connectivity index (χ0v) is 11.7. The number of benzene rings is 1. The van der Waals surface area contributed by atoms with E-state index in [9.17, 15) is 13.5 Å². The van der Waals surface area contributed by atoms with Gasteiger partial charge in [0.1, 0.15) is 11.4 Å². The van der Waals surface area contributed by atoms with Crippen LogP contribution in [0.2, 0.25) is 0 Å². The minimum Gasteiger partial charge on any atom is -0.487 e. The van der Waals surface area contributed by atoms with Crippen LogP contribution in [0.15, 0.2) is 18.2 Å². The van der Waals surface area contributed by atoms with Crippen molar-refractivity contribution in [2.24, 2.45) is 0 Å². The number of aliphatic hydroxyl groups excluding tert-OH is 1. The molecule has 0 saturated carbocycles. The molecule has 2 aliphatic heterocycles. The van der Waals surface area contributed by atoms with Crippen LogP contribution in [0.3, 0.4) is 0 Å². The average molecular weight is 282 g/mol. The Labute approximate surface area is 113 Å². The van der Waals surface area contributed by atoms with E-state index in [1.54, 1.807) is 0 Å². The van der Waals surface area contributed by atoms with Gasteiger partial charge in [-0.25, -0.2) is 8.42 Å². The Balaban J connectivity index is 1.91. The van der Waals surface area contributed by atoms with Gasteiger partial charge in [0, 0.05) is 24.8 Å². The Bertz CT molecular complexity index is 592. The topological polar surface area (TPSA) is 63.6 Å². The SMILES string of the molecule is Cc1ccc2c(c1)[C@@H](O)CC1(CCS(=O)(=O)CC1)O2. The van der Waals surface area contributed by atoms with Crippen molar-refractivity contribution in [2.75, 3.05) is 11.5 Å². The first-order valence-corrected chi connectivity index (χ1v) is 8.39. The summed E-state index contributed by atoms with van der Waals surface area (Å²) in [6.07, 6.45) is 0.864. The number of hydrogen-bond acceptors (Lipinski definition) is 4. The predicted molar refractivity (Wildman–Crippen MR) is 72.0 cm³/mol. The molecule has 1 aromatic rings. The molecule has 0 bridgehead atoms. The van der Waals surface area contributed by atoms with Crippen molar-refractivity contribution < 1.29 is 18.3 Å². The number of fused-ring (bicyclic) bond motifs is 1. The minimum absolute atomic E-state index is 0.154. The minimum atomic E-state index is -2.92. The smallest absolute Gasteiger partial charge is 0.150 e. The Morgan fingerprint density at radius 3 is 2.68 bits per heavy atom. The summed E-state index contributed by atoms with van der Waals surface area (Å²) in [5.74, 6) is 1.01. The molecule has 1 aromatic carbocycles. The van der Waals surface area contributed by atoms with Gasteiger partial charge in [-0.2, -0.15) is 0 Å². The lowest BCUT2D eigenvalue weighted by Crippen LogP contribution is -2.47. The molecule has 0 amide bonds. The van der Waals surface area contributed by atoms with E-state index in [2.05, 4.69) is 0 Å². The fourth-order valence-corrected chi connectivity index (χ4v) is 4.54. The number of rotatable bonds is 0. The quantitative estimate of drug-likeness (QED) is 0.787. The van der Waals surface area contributed by atoms with E-state index in [1.165, 1.54) is 0 Å². The maximum Gasteiger partial charge on any atom is 0.150 e. The lowest BCUT2D eigenvalue weighted by atomic mass is 9.84. The maximum atomic E-state index is 11.5. The van der Waals surface area contributed by atoms with Crippen molar-refractivity contribution >= 4 is 9.84 Å². The van der Waals surface area contributed by atoms with E-state index in [-0.39, 0.29) is 11.5 Å². The van der Waals surface area contributed by atoms with Crippen LogP contribution >= 0.6 is 0 Å². The zero-order valence-electron chi connectivity index (χ0n) is 10.9. The second-order valence-corrected chi connectivity index (χ2v) is 8.00. The van der Waals surface area contributed by atoms with E-state index in [4.69, 9.17) is 4.74 Å². The summed E-state index contributed by atoms with van der Waals surface area (Å²) in [6, 6.07) is 5.76. The van der Waals surface area contributed by atoms with Crippen molar-refractivity contribution in [2.45, 2.75) is 37.9 Å². The molecule has 3 rings (SSSR count). The number of aryl methyl sites for hydroxylation is 1. The van der Waals surface area contributed by atoms with Crippen molar-refractivity contribution in [1.29, 1.82) is 0 Å². The van der Waals surface area contributed by atoms with Gasteiger partial charge in [-0.3, -0.25) is 0 Å². The number of hydrogen-bond donors (Lipinski definition) is 1. The standard InChI is InChI=1S/C14H18O4S/c1-10-2-3-13-11(8-10)12(15)9-14(18-13)4-6-19(16,17)7-5-14/h2-3,8,12,15H,4-7,9H2,1H3/t12-/m0/s1. The van der Waals surface area contributed by atoms with Gasteiger partial charge < -0.3 is 9.84 Å². The van der Waals surface area contributed by atoms with Crippen molar-refractivity contribution in [3.63, 3.8) is 0 Å². The first kappa shape index (κ1) is 12.9. The largest absolute Gasteiger partial charge is 0.487 e. The van der Waals surface area contributed by atoms with Gasteiger partial charge in [0.05, 0.1) is 17.6 Å². The highest BCUT2D eigenvalue weighted by molar-refractivity contribution is 7.91. The molecule has 2 heterocycles. The third-order valence-electron chi connectivity index (χ3n) is 4.15. The van der Waals surface area contributed by atoms with Gasteiger partial charge in [-0.15, -0.1) is 0 Å². The van der Waals surface area contributed by atoms with E-state index >= 15 is 0 Å². The molecule has 1 N–H and O–H groups in total. The summed E-state index contributed by atoms with van der Waals surface area (Å²) in [5.41, 5.74) is 1.40. The molecular formula is C14H18O4S. The third-order valence-corrected chi connectivity index (χ3v) is 5.81. The van der Waals surface area contributed by atoms with Crippen LogP contribution in [0.25, 0.3) is 0 Å². The van der Waals surface area contributed by atoms with Crippen molar-refractivity contribution in [3.05, 3.63) is 29.3 Å². The number of sulfone groups is 1. The van der Waals surface area contributed by atoms with E-state index < -0.39 is 21.5 Å². The first-order valence-electron chi connectivity index (χ1n) is 6.57. The Morgan fingerprint density at radius 2 is 2.00 bits per heavy atom. The Morgan fingerprint density at radius 1 is 1.32 bits per heavy atom. The lowest BCUT2D eigenvalue weighted by molar-refractivity contribution is -0.0208. The molecule has 5 heteroatoms. The molecule has 1 fully saturated rings. The van der Waals surface area contributed by atoms with Crippen LogP contribution in [0.5, 0.6) is 5.75 Å². The fourth-order valence-electron chi connectivity index (χ4n) is 2.97. The summed E-state index contributed by atoms with van der Waals surface area (Å²) in [4.78, 5) is 0. The van der Waals surface area contributed by atoms with Gasteiger partial charge in [0.2, 0.25) is 0 Å². The van der Waals surface area contributed by atoms with E-state index in [0.717, 1.165) is 11.1 Å². The van der Waals surface area contributed by atoms with Crippen LogP contribution in [-0.4, -0.2) is 30.6 Å². The van der Waals surface area contributed by atoms with Crippen LogP contribution in [0.4, 0.5) is 0 Å². The highest BCUT2D eigenvalue weighted by atomic mass is 32.2. The van der Waals surface area contributed by atoms with Gasteiger partial charge in [0.25, 0.3) is 0 Å². The van der Waals surface area contributed by atoms with Gasteiger partial charge in [-0.05, 0) is 19.1 Å². The second-order valence-electron chi connectivity index (χ2n) is 5.70. The predicted octanol–water partition coefficient (Wildman–Crippen LogP) is 1.76. The lowest BCUT2D eigenvalue weighted by Gasteiger charge is -2.43. The monoisotopic (exact) mass is 282 g/mol.